The third kappa shape index (κ3) is 2.69. The van der Waals surface area contributed by atoms with E-state index in [9.17, 15) is 4.79 Å². The molecule has 23 heavy (non-hydrogen) atoms. The SMILES string of the molecule is C[C@H]1S[C@@H](c2cccc(Br)c2)N(c2nc3ccccc3s2)C1=O. The lowest BCUT2D eigenvalue weighted by Gasteiger charge is -2.21. The number of benzene rings is 2. The molecule has 0 N–H and O–H groups in total. The van der Waals surface area contributed by atoms with Gasteiger partial charge >= 0.3 is 0 Å². The van der Waals surface area contributed by atoms with Gasteiger partial charge in [-0.1, -0.05) is 51.5 Å². The molecule has 1 amide bonds. The molecule has 0 aliphatic carbocycles. The lowest BCUT2D eigenvalue weighted by Crippen LogP contribution is -2.29. The van der Waals surface area contributed by atoms with E-state index in [4.69, 9.17) is 0 Å². The number of nitrogens with zero attached hydrogens (tertiary/aromatic N) is 2. The fraction of sp³-hybridized carbons (Fsp3) is 0.176. The predicted molar refractivity (Wildman–Crippen MR) is 101 cm³/mol. The molecule has 1 fully saturated rings. The molecule has 1 saturated heterocycles. The standard InChI is InChI=1S/C17H13BrN2OS2/c1-10-15(21)20(16(22-10)11-5-4-6-12(18)9-11)17-19-13-7-2-3-8-14(13)23-17/h2-10,16H,1H3/t10-,16+/m1/s1. The van der Waals surface area contributed by atoms with Gasteiger partial charge in [-0.05, 0) is 36.8 Å². The minimum Gasteiger partial charge on any atom is -0.273 e. The minimum absolute atomic E-state index is 0.0319. The van der Waals surface area contributed by atoms with Gasteiger partial charge in [0.15, 0.2) is 5.13 Å². The highest BCUT2D eigenvalue weighted by Crippen LogP contribution is 2.47. The van der Waals surface area contributed by atoms with Gasteiger partial charge in [0.25, 0.3) is 0 Å². The van der Waals surface area contributed by atoms with Crippen LogP contribution in [0.3, 0.4) is 0 Å². The second-order valence-electron chi connectivity index (χ2n) is 5.36. The van der Waals surface area contributed by atoms with Crippen molar-refractivity contribution >= 4 is 60.3 Å². The normalized spacial score (nSPS) is 21.3. The molecule has 4 rings (SSSR count). The third-order valence-corrected chi connectivity index (χ3v) is 6.65. The topological polar surface area (TPSA) is 33.2 Å². The van der Waals surface area contributed by atoms with Gasteiger partial charge in [0.2, 0.25) is 5.91 Å². The molecule has 0 bridgehead atoms. The summed E-state index contributed by atoms with van der Waals surface area (Å²) in [6.45, 7) is 1.96. The van der Waals surface area contributed by atoms with Crippen molar-refractivity contribution in [2.24, 2.45) is 0 Å². The zero-order valence-corrected chi connectivity index (χ0v) is 15.5. The number of hydrogen-bond acceptors (Lipinski definition) is 4. The van der Waals surface area contributed by atoms with Crippen LogP contribution in [-0.4, -0.2) is 16.1 Å². The second kappa shape index (κ2) is 5.92. The predicted octanol–water partition coefficient (Wildman–Crippen LogP) is 5.23. The van der Waals surface area contributed by atoms with Gasteiger partial charge in [-0.25, -0.2) is 4.98 Å². The Kier molecular flexibility index (Phi) is 3.91. The Balaban J connectivity index is 1.81. The van der Waals surface area contributed by atoms with Crippen molar-refractivity contribution in [3.8, 4) is 0 Å². The second-order valence-corrected chi connectivity index (χ2v) is 8.71. The van der Waals surface area contributed by atoms with E-state index >= 15 is 0 Å². The van der Waals surface area contributed by atoms with E-state index in [1.165, 1.54) is 0 Å². The summed E-state index contributed by atoms with van der Waals surface area (Å²) in [6, 6.07) is 16.1. The largest absolute Gasteiger partial charge is 0.273 e. The van der Waals surface area contributed by atoms with Crippen LogP contribution in [0.4, 0.5) is 5.13 Å². The summed E-state index contributed by atoms with van der Waals surface area (Å²) in [5.74, 6) is 0.124. The Morgan fingerprint density at radius 1 is 1.17 bits per heavy atom. The lowest BCUT2D eigenvalue weighted by atomic mass is 10.2. The van der Waals surface area contributed by atoms with E-state index in [0.717, 1.165) is 25.4 Å². The Morgan fingerprint density at radius 3 is 2.78 bits per heavy atom. The Bertz CT molecular complexity index is 862. The quantitative estimate of drug-likeness (QED) is 0.586. The number of aromatic nitrogens is 1. The number of carbonyl (C=O) groups excluding carboxylic acids is 1. The highest BCUT2D eigenvalue weighted by Gasteiger charge is 2.41. The summed E-state index contributed by atoms with van der Waals surface area (Å²) in [5, 5.41) is 0.680. The number of para-hydroxylation sites is 1. The molecular weight excluding hydrogens is 392 g/mol. The van der Waals surface area contributed by atoms with Crippen LogP contribution in [0.25, 0.3) is 10.2 Å². The van der Waals surface area contributed by atoms with Crippen molar-refractivity contribution in [2.75, 3.05) is 4.90 Å². The van der Waals surface area contributed by atoms with Crippen LogP contribution in [0.1, 0.15) is 17.9 Å². The molecule has 3 aromatic rings. The molecule has 0 unspecified atom stereocenters. The van der Waals surface area contributed by atoms with E-state index in [2.05, 4.69) is 33.0 Å². The summed E-state index contributed by atoms with van der Waals surface area (Å²) < 4.78 is 2.12. The van der Waals surface area contributed by atoms with Crippen molar-refractivity contribution in [3.63, 3.8) is 0 Å². The number of amides is 1. The van der Waals surface area contributed by atoms with Gasteiger partial charge in [0, 0.05) is 4.47 Å². The van der Waals surface area contributed by atoms with Gasteiger partial charge < -0.3 is 0 Å². The van der Waals surface area contributed by atoms with Crippen molar-refractivity contribution in [1.29, 1.82) is 0 Å². The van der Waals surface area contributed by atoms with Crippen LogP contribution in [-0.2, 0) is 4.79 Å². The summed E-state index contributed by atoms with van der Waals surface area (Å²) in [6.07, 6.45) is 0. The van der Waals surface area contributed by atoms with Gasteiger partial charge in [-0.15, -0.1) is 11.8 Å². The first-order valence-corrected chi connectivity index (χ1v) is 9.78. The van der Waals surface area contributed by atoms with Gasteiger partial charge in [-0.3, -0.25) is 9.69 Å². The van der Waals surface area contributed by atoms with Crippen molar-refractivity contribution < 1.29 is 4.79 Å². The van der Waals surface area contributed by atoms with Crippen LogP contribution in [0, 0.1) is 0 Å². The number of hydrogen-bond donors (Lipinski definition) is 0. The number of rotatable bonds is 2. The zero-order chi connectivity index (χ0) is 16.0. The molecule has 116 valence electrons. The Hall–Kier alpha value is -1.37. The van der Waals surface area contributed by atoms with Crippen molar-refractivity contribution in [2.45, 2.75) is 17.5 Å². The molecule has 6 heteroatoms. The average molecular weight is 405 g/mol. The van der Waals surface area contributed by atoms with E-state index in [1.807, 2.05) is 48.2 Å². The lowest BCUT2D eigenvalue weighted by molar-refractivity contribution is -0.117. The Morgan fingerprint density at radius 2 is 2.00 bits per heavy atom. The van der Waals surface area contributed by atoms with Crippen LogP contribution in [0.5, 0.6) is 0 Å². The first kappa shape index (κ1) is 15.2. The van der Waals surface area contributed by atoms with Crippen LogP contribution < -0.4 is 4.90 Å². The van der Waals surface area contributed by atoms with E-state index in [0.29, 0.717) is 0 Å². The first-order valence-electron chi connectivity index (χ1n) is 7.23. The smallest absolute Gasteiger partial charge is 0.242 e. The molecule has 0 saturated carbocycles. The maximum atomic E-state index is 12.7. The average Bonchev–Trinajstić information content (AvgIpc) is 3.09. The van der Waals surface area contributed by atoms with Crippen LogP contribution in [0.15, 0.2) is 53.0 Å². The monoisotopic (exact) mass is 404 g/mol. The van der Waals surface area contributed by atoms with Crippen molar-refractivity contribution in [1.82, 2.24) is 4.98 Å². The van der Waals surface area contributed by atoms with E-state index in [-0.39, 0.29) is 16.5 Å². The van der Waals surface area contributed by atoms with E-state index in [1.54, 1.807) is 23.1 Å². The number of anilines is 1. The first-order chi connectivity index (χ1) is 11.1. The van der Waals surface area contributed by atoms with Crippen LogP contribution in [0.2, 0.25) is 0 Å². The molecule has 0 radical (unpaired) electrons. The van der Waals surface area contributed by atoms with Crippen LogP contribution >= 0.6 is 39.0 Å². The summed E-state index contributed by atoms with van der Waals surface area (Å²) in [7, 11) is 0. The summed E-state index contributed by atoms with van der Waals surface area (Å²) in [4.78, 5) is 19.2. The molecule has 1 aromatic heterocycles. The fourth-order valence-corrected chi connectivity index (χ4v) is 5.40. The molecule has 0 spiro atoms. The zero-order valence-electron chi connectivity index (χ0n) is 12.3. The maximum absolute atomic E-state index is 12.7. The van der Waals surface area contributed by atoms with Crippen molar-refractivity contribution in [3.05, 3.63) is 58.6 Å². The highest BCUT2D eigenvalue weighted by atomic mass is 79.9. The molecule has 1 aliphatic rings. The number of fused-ring (bicyclic) bond motifs is 1. The van der Waals surface area contributed by atoms with Gasteiger partial charge in [0.05, 0.1) is 15.5 Å². The van der Waals surface area contributed by atoms with E-state index < -0.39 is 0 Å². The minimum atomic E-state index is -0.0639. The molecule has 2 heterocycles. The number of halogens is 1. The molecule has 1 aliphatic heterocycles. The van der Waals surface area contributed by atoms with Gasteiger partial charge in [-0.2, -0.15) is 0 Å². The number of thiazole rings is 1. The molecular formula is C17H13BrN2OS2. The number of carbonyl (C=O) groups is 1. The highest BCUT2D eigenvalue weighted by molar-refractivity contribution is 9.10. The fourth-order valence-electron chi connectivity index (χ4n) is 2.67. The molecule has 2 aromatic carbocycles. The number of thioether (sulfide) groups is 1. The Labute approximate surface area is 150 Å². The summed E-state index contributed by atoms with van der Waals surface area (Å²) >= 11 is 6.76. The molecule has 2 atom stereocenters. The third-order valence-electron chi connectivity index (χ3n) is 3.78. The maximum Gasteiger partial charge on any atom is 0.242 e. The molecule has 3 nitrogen and oxygen atoms in total. The summed E-state index contributed by atoms with van der Waals surface area (Å²) in [5.41, 5.74) is 2.05. The van der Waals surface area contributed by atoms with Gasteiger partial charge in [0.1, 0.15) is 5.37 Å².